The van der Waals surface area contributed by atoms with Gasteiger partial charge in [0.25, 0.3) is 0 Å². The Morgan fingerprint density at radius 1 is 1.36 bits per heavy atom. The summed E-state index contributed by atoms with van der Waals surface area (Å²) in [5.41, 5.74) is 0. The van der Waals surface area contributed by atoms with Gasteiger partial charge >= 0.3 is 6.03 Å². The van der Waals surface area contributed by atoms with Gasteiger partial charge in [0.1, 0.15) is 0 Å². The summed E-state index contributed by atoms with van der Waals surface area (Å²) in [6.45, 7) is 6.80. The second-order valence-electron chi connectivity index (χ2n) is 4.05. The van der Waals surface area contributed by atoms with E-state index in [0.29, 0.717) is 0 Å². The van der Waals surface area contributed by atoms with Crippen LogP contribution in [0, 0.1) is 5.92 Å². The van der Waals surface area contributed by atoms with Crippen LogP contribution in [0.5, 0.6) is 0 Å². The summed E-state index contributed by atoms with van der Waals surface area (Å²) in [4.78, 5) is 13.4. The van der Waals surface area contributed by atoms with Crippen LogP contribution in [0.3, 0.4) is 0 Å². The van der Waals surface area contributed by atoms with Gasteiger partial charge in [-0.2, -0.15) is 0 Å². The van der Waals surface area contributed by atoms with Crippen molar-refractivity contribution in [3.63, 3.8) is 0 Å². The first kappa shape index (κ1) is 11.3. The zero-order valence-electron chi connectivity index (χ0n) is 9.38. The monoisotopic (exact) mass is 198 g/mol. The number of nitrogens with one attached hydrogen (secondary N) is 1. The maximum absolute atomic E-state index is 11.5. The van der Waals surface area contributed by atoms with Crippen LogP contribution in [0.1, 0.15) is 39.5 Å². The van der Waals surface area contributed by atoms with E-state index < -0.39 is 0 Å². The maximum Gasteiger partial charge on any atom is 0.317 e. The van der Waals surface area contributed by atoms with Crippen molar-refractivity contribution in [2.24, 2.45) is 5.92 Å². The lowest BCUT2D eigenvalue weighted by Crippen LogP contribution is -2.44. The van der Waals surface area contributed by atoms with E-state index in [1.807, 2.05) is 11.8 Å². The number of rotatable bonds is 3. The van der Waals surface area contributed by atoms with E-state index in [9.17, 15) is 4.79 Å². The molecule has 1 rings (SSSR count). The number of urea groups is 1. The quantitative estimate of drug-likeness (QED) is 0.741. The molecule has 1 N–H and O–H groups in total. The second kappa shape index (κ2) is 5.89. The van der Waals surface area contributed by atoms with Crippen LogP contribution in [-0.2, 0) is 0 Å². The average molecular weight is 198 g/mol. The number of carbonyl (C=O) groups is 1. The lowest BCUT2D eigenvalue weighted by Gasteiger charge is -2.31. The van der Waals surface area contributed by atoms with Crippen molar-refractivity contribution in [3.8, 4) is 0 Å². The van der Waals surface area contributed by atoms with Gasteiger partial charge in [-0.15, -0.1) is 0 Å². The van der Waals surface area contributed by atoms with Crippen molar-refractivity contribution >= 4 is 6.03 Å². The van der Waals surface area contributed by atoms with Gasteiger partial charge < -0.3 is 10.2 Å². The minimum absolute atomic E-state index is 0.113. The Balaban J connectivity index is 2.24. The van der Waals surface area contributed by atoms with Crippen LogP contribution in [0.2, 0.25) is 0 Å². The highest BCUT2D eigenvalue weighted by Gasteiger charge is 2.21. The molecule has 3 heteroatoms. The Bertz CT molecular complexity index is 174. The molecule has 1 aliphatic rings. The van der Waals surface area contributed by atoms with E-state index >= 15 is 0 Å². The molecule has 0 unspecified atom stereocenters. The topological polar surface area (TPSA) is 32.3 Å². The molecular weight excluding hydrogens is 176 g/mol. The van der Waals surface area contributed by atoms with Gasteiger partial charge in [-0.3, -0.25) is 0 Å². The SMILES string of the molecule is CCCC1CCN(C(=O)NCC)CC1. The van der Waals surface area contributed by atoms with Gasteiger partial charge in [0, 0.05) is 19.6 Å². The Kier molecular flexibility index (Phi) is 4.77. The van der Waals surface area contributed by atoms with Crippen LogP contribution in [-0.4, -0.2) is 30.6 Å². The molecule has 82 valence electrons. The molecule has 0 aliphatic carbocycles. The van der Waals surface area contributed by atoms with Crippen LogP contribution in [0.4, 0.5) is 4.79 Å². The third-order valence-electron chi connectivity index (χ3n) is 2.93. The lowest BCUT2D eigenvalue weighted by atomic mass is 9.93. The zero-order chi connectivity index (χ0) is 10.4. The average Bonchev–Trinajstić information content (AvgIpc) is 2.20. The number of hydrogen-bond acceptors (Lipinski definition) is 1. The molecule has 0 saturated carbocycles. The minimum Gasteiger partial charge on any atom is -0.338 e. The highest BCUT2D eigenvalue weighted by atomic mass is 16.2. The summed E-state index contributed by atoms with van der Waals surface area (Å²) in [6, 6.07) is 0.113. The first-order chi connectivity index (χ1) is 6.77. The molecule has 0 aromatic heterocycles. The number of piperidine rings is 1. The number of hydrogen-bond donors (Lipinski definition) is 1. The van der Waals surface area contributed by atoms with Crippen LogP contribution in [0.25, 0.3) is 0 Å². The van der Waals surface area contributed by atoms with Crippen LogP contribution in [0.15, 0.2) is 0 Å². The Morgan fingerprint density at radius 2 is 2.00 bits per heavy atom. The summed E-state index contributed by atoms with van der Waals surface area (Å²) >= 11 is 0. The van der Waals surface area contributed by atoms with Crippen molar-refractivity contribution in [2.45, 2.75) is 39.5 Å². The first-order valence-corrected chi connectivity index (χ1v) is 5.80. The Labute approximate surface area is 86.9 Å². The van der Waals surface area contributed by atoms with Gasteiger partial charge in [-0.05, 0) is 25.7 Å². The minimum atomic E-state index is 0.113. The number of amides is 2. The standard InChI is InChI=1S/C11H22N2O/c1-3-5-10-6-8-13(9-7-10)11(14)12-4-2/h10H,3-9H2,1-2H3,(H,12,14). The molecule has 1 heterocycles. The molecule has 1 fully saturated rings. The van der Waals surface area contributed by atoms with Gasteiger partial charge in [-0.1, -0.05) is 19.8 Å². The van der Waals surface area contributed by atoms with Crippen molar-refractivity contribution < 1.29 is 4.79 Å². The zero-order valence-corrected chi connectivity index (χ0v) is 9.38. The van der Waals surface area contributed by atoms with Gasteiger partial charge in [-0.25, -0.2) is 4.79 Å². The largest absolute Gasteiger partial charge is 0.338 e. The third-order valence-corrected chi connectivity index (χ3v) is 2.93. The summed E-state index contributed by atoms with van der Waals surface area (Å²) in [7, 11) is 0. The summed E-state index contributed by atoms with van der Waals surface area (Å²) in [5.74, 6) is 0.852. The summed E-state index contributed by atoms with van der Waals surface area (Å²) in [6.07, 6.45) is 4.96. The highest BCUT2D eigenvalue weighted by Crippen LogP contribution is 2.21. The Hall–Kier alpha value is -0.730. The smallest absolute Gasteiger partial charge is 0.317 e. The molecule has 1 saturated heterocycles. The molecule has 3 nitrogen and oxygen atoms in total. The fourth-order valence-corrected chi connectivity index (χ4v) is 2.10. The summed E-state index contributed by atoms with van der Waals surface area (Å²) < 4.78 is 0. The molecule has 0 spiro atoms. The fourth-order valence-electron chi connectivity index (χ4n) is 2.10. The molecule has 0 aromatic carbocycles. The number of carbonyl (C=O) groups excluding carboxylic acids is 1. The second-order valence-corrected chi connectivity index (χ2v) is 4.05. The molecule has 2 amide bonds. The molecule has 0 atom stereocenters. The van der Waals surface area contributed by atoms with E-state index in [0.717, 1.165) is 25.6 Å². The Morgan fingerprint density at radius 3 is 2.50 bits per heavy atom. The van der Waals surface area contributed by atoms with Gasteiger partial charge in [0.15, 0.2) is 0 Å². The van der Waals surface area contributed by atoms with Crippen molar-refractivity contribution in [1.82, 2.24) is 10.2 Å². The summed E-state index contributed by atoms with van der Waals surface area (Å²) in [5, 5.41) is 2.85. The van der Waals surface area contributed by atoms with Crippen LogP contribution >= 0.6 is 0 Å². The lowest BCUT2D eigenvalue weighted by molar-refractivity contribution is 0.168. The molecule has 0 radical (unpaired) electrons. The normalized spacial score (nSPS) is 18.3. The predicted molar refractivity (Wildman–Crippen MR) is 58.3 cm³/mol. The maximum atomic E-state index is 11.5. The van der Waals surface area contributed by atoms with E-state index in [1.54, 1.807) is 0 Å². The number of likely N-dealkylation sites (tertiary alicyclic amines) is 1. The molecule has 0 aromatic rings. The molecule has 14 heavy (non-hydrogen) atoms. The molecular formula is C11H22N2O. The third kappa shape index (κ3) is 3.20. The predicted octanol–water partition coefficient (Wildman–Crippen LogP) is 2.23. The van der Waals surface area contributed by atoms with Crippen molar-refractivity contribution in [2.75, 3.05) is 19.6 Å². The van der Waals surface area contributed by atoms with Gasteiger partial charge in [0.2, 0.25) is 0 Å². The van der Waals surface area contributed by atoms with E-state index in [1.165, 1.54) is 25.7 Å². The van der Waals surface area contributed by atoms with Gasteiger partial charge in [0.05, 0.1) is 0 Å². The number of nitrogens with zero attached hydrogens (tertiary/aromatic N) is 1. The molecule has 0 bridgehead atoms. The molecule has 1 aliphatic heterocycles. The van der Waals surface area contributed by atoms with Crippen molar-refractivity contribution in [1.29, 1.82) is 0 Å². The van der Waals surface area contributed by atoms with E-state index in [2.05, 4.69) is 12.2 Å². The van der Waals surface area contributed by atoms with E-state index in [-0.39, 0.29) is 6.03 Å². The fraction of sp³-hybridized carbons (Fsp3) is 0.909. The van der Waals surface area contributed by atoms with Crippen LogP contribution < -0.4 is 5.32 Å². The van der Waals surface area contributed by atoms with E-state index in [4.69, 9.17) is 0 Å². The first-order valence-electron chi connectivity index (χ1n) is 5.80. The highest BCUT2D eigenvalue weighted by molar-refractivity contribution is 5.74. The van der Waals surface area contributed by atoms with Crippen molar-refractivity contribution in [3.05, 3.63) is 0 Å².